The van der Waals surface area contributed by atoms with Gasteiger partial charge in [0.25, 0.3) is 0 Å². The Morgan fingerprint density at radius 3 is 2.48 bits per heavy atom. The molecule has 1 saturated heterocycles. The Bertz CT molecular complexity index is 534. The number of carboxylic acid groups (broad SMARTS) is 1. The molecule has 5 heteroatoms. The van der Waals surface area contributed by atoms with E-state index in [2.05, 4.69) is 12.2 Å². The highest BCUT2D eigenvalue weighted by atomic mass is 16.4. The molecular formula is C16H22N2O3. The molecule has 1 aliphatic rings. The number of nitrogens with one attached hydrogen (secondary N) is 1. The number of piperidine rings is 1. The summed E-state index contributed by atoms with van der Waals surface area (Å²) in [4.78, 5) is 24.7. The van der Waals surface area contributed by atoms with E-state index < -0.39 is 5.97 Å². The second kappa shape index (κ2) is 6.61. The SMILES string of the molecule is Cc1ccc(NCC(=O)N2CCC(C(=O)O)CC2)cc1C. The lowest BCUT2D eigenvalue weighted by molar-refractivity contribution is -0.145. The van der Waals surface area contributed by atoms with Crippen LogP contribution in [0.5, 0.6) is 0 Å². The molecule has 1 aliphatic heterocycles. The fraction of sp³-hybridized carbons (Fsp3) is 0.500. The van der Waals surface area contributed by atoms with E-state index in [9.17, 15) is 9.59 Å². The summed E-state index contributed by atoms with van der Waals surface area (Å²) in [5.41, 5.74) is 3.35. The predicted molar refractivity (Wildman–Crippen MR) is 81.3 cm³/mol. The smallest absolute Gasteiger partial charge is 0.306 e. The molecule has 0 saturated carbocycles. The number of carbonyl (C=O) groups excluding carboxylic acids is 1. The van der Waals surface area contributed by atoms with Crippen molar-refractivity contribution in [2.24, 2.45) is 5.92 Å². The number of carbonyl (C=O) groups is 2. The quantitative estimate of drug-likeness (QED) is 0.890. The highest BCUT2D eigenvalue weighted by molar-refractivity contribution is 5.81. The maximum atomic E-state index is 12.1. The fourth-order valence-corrected chi connectivity index (χ4v) is 2.52. The van der Waals surface area contributed by atoms with Gasteiger partial charge in [-0.2, -0.15) is 0 Å². The van der Waals surface area contributed by atoms with Crippen LogP contribution in [-0.2, 0) is 9.59 Å². The zero-order valence-electron chi connectivity index (χ0n) is 12.6. The highest BCUT2D eigenvalue weighted by Crippen LogP contribution is 2.18. The van der Waals surface area contributed by atoms with Gasteiger partial charge >= 0.3 is 5.97 Å². The van der Waals surface area contributed by atoms with E-state index in [-0.39, 0.29) is 18.4 Å². The zero-order valence-corrected chi connectivity index (χ0v) is 12.6. The predicted octanol–water partition coefficient (Wildman–Crippen LogP) is 2.04. The van der Waals surface area contributed by atoms with Crippen molar-refractivity contribution in [3.8, 4) is 0 Å². The summed E-state index contributed by atoms with van der Waals surface area (Å²) in [5.74, 6) is -1.03. The van der Waals surface area contributed by atoms with Crippen molar-refractivity contribution in [1.29, 1.82) is 0 Å². The van der Waals surface area contributed by atoms with Crippen LogP contribution in [0, 0.1) is 19.8 Å². The van der Waals surface area contributed by atoms with Crippen molar-refractivity contribution in [1.82, 2.24) is 4.90 Å². The Morgan fingerprint density at radius 1 is 1.24 bits per heavy atom. The van der Waals surface area contributed by atoms with E-state index in [0.29, 0.717) is 25.9 Å². The molecule has 0 radical (unpaired) electrons. The molecule has 114 valence electrons. The third-order valence-electron chi connectivity index (χ3n) is 4.15. The first-order chi connectivity index (χ1) is 9.97. The number of likely N-dealkylation sites (tertiary alicyclic amines) is 1. The van der Waals surface area contributed by atoms with Crippen LogP contribution in [0.3, 0.4) is 0 Å². The monoisotopic (exact) mass is 290 g/mol. The van der Waals surface area contributed by atoms with Crippen LogP contribution in [0.4, 0.5) is 5.69 Å². The summed E-state index contributed by atoms with van der Waals surface area (Å²) in [6, 6.07) is 6.02. The second-order valence-electron chi connectivity index (χ2n) is 5.65. The topological polar surface area (TPSA) is 69.6 Å². The van der Waals surface area contributed by atoms with E-state index in [1.807, 2.05) is 25.1 Å². The third-order valence-corrected chi connectivity index (χ3v) is 4.15. The number of benzene rings is 1. The van der Waals surface area contributed by atoms with Crippen molar-refractivity contribution in [2.45, 2.75) is 26.7 Å². The van der Waals surface area contributed by atoms with Crippen LogP contribution in [0.15, 0.2) is 18.2 Å². The Labute approximate surface area is 125 Å². The number of nitrogens with zero attached hydrogens (tertiary/aromatic N) is 1. The molecule has 5 nitrogen and oxygen atoms in total. The number of aliphatic carboxylic acids is 1. The minimum Gasteiger partial charge on any atom is -0.481 e. The zero-order chi connectivity index (χ0) is 15.4. The maximum absolute atomic E-state index is 12.1. The number of rotatable bonds is 4. The lowest BCUT2D eigenvalue weighted by Gasteiger charge is -2.30. The number of anilines is 1. The number of amides is 1. The van der Waals surface area contributed by atoms with Gasteiger partial charge in [0.15, 0.2) is 0 Å². The van der Waals surface area contributed by atoms with Crippen LogP contribution in [-0.4, -0.2) is 41.5 Å². The van der Waals surface area contributed by atoms with Gasteiger partial charge in [-0.3, -0.25) is 9.59 Å². The Balaban J connectivity index is 1.82. The van der Waals surface area contributed by atoms with Crippen LogP contribution >= 0.6 is 0 Å². The van der Waals surface area contributed by atoms with Gasteiger partial charge in [0.2, 0.25) is 5.91 Å². The van der Waals surface area contributed by atoms with Gasteiger partial charge in [-0.1, -0.05) is 6.07 Å². The summed E-state index contributed by atoms with van der Waals surface area (Å²) < 4.78 is 0. The number of carboxylic acids is 1. The third kappa shape index (κ3) is 3.97. The van der Waals surface area contributed by atoms with Crippen molar-refractivity contribution < 1.29 is 14.7 Å². The number of hydrogen-bond donors (Lipinski definition) is 2. The van der Waals surface area contributed by atoms with Crippen molar-refractivity contribution in [3.63, 3.8) is 0 Å². The normalized spacial score (nSPS) is 15.8. The van der Waals surface area contributed by atoms with Gasteiger partial charge in [0.1, 0.15) is 0 Å². The van der Waals surface area contributed by atoms with Gasteiger partial charge in [-0.05, 0) is 49.9 Å². The van der Waals surface area contributed by atoms with Gasteiger partial charge in [-0.25, -0.2) is 0 Å². The Kier molecular flexibility index (Phi) is 4.83. The molecule has 0 atom stereocenters. The summed E-state index contributed by atoms with van der Waals surface area (Å²) in [6.07, 6.45) is 1.09. The number of aryl methyl sites for hydroxylation is 2. The average molecular weight is 290 g/mol. The molecule has 1 amide bonds. The molecule has 0 spiro atoms. The summed E-state index contributed by atoms with van der Waals surface area (Å²) in [7, 11) is 0. The molecule has 2 rings (SSSR count). The van der Waals surface area contributed by atoms with E-state index in [4.69, 9.17) is 5.11 Å². The van der Waals surface area contributed by atoms with Gasteiger partial charge in [0.05, 0.1) is 12.5 Å². The van der Waals surface area contributed by atoms with Gasteiger partial charge < -0.3 is 15.3 Å². The summed E-state index contributed by atoms with van der Waals surface area (Å²) in [5, 5.41) is 12.1. The Hall–Kier alpha value is -2.04. The largest absolute Gasteiger partial charge is 0.481 e. The lowest BCUT2D eigenvalue weighted by atomic mass is 9.97. The van der Waals surface area contributed by atoms with Gasteiger partial charge in [0, 0.05) is 18.8 Å². The van der Waals surface area contributed by atoms with Crippen LogP contribution in [0.1, 0.15) is 24.0 Å². The molecule has 1 aromatic carbocycles. The standard InChI is InChI=1S/C16H22N2O3/c1-11-3-4-14(9-12(11)2)17-10-15(19)18-7-5-13(6-8-18)16(20)21/h3-4,9,13,17H,5-8,10H2,1-2H3,(H,20,21). The molecule has 1 aromatic rings. The molecule has 0 bridgehead atoms. The van der Waals surface area contributed by atoms with E-state index in [0.717, 1.165) is 5.69 Å². The average Bonchev–Trinajstić information content (AvgIpc) is 2.48. The molecule has 21 heavy (non-hydrogen) atoms. The first-order valence-corrected chi connectivity index (χ1v) is 7.29. The molecule has 0 unspecified atom stereocenters. The first kappa shape index (κ1) is 15.4. The molecular weight excluding hydrogens is 268 g/mol. The minimum absolute atomic E-state index is 0.0251. The van der Waals surface area contributed by atoms with Crippen LogP contribution < -0.4 is 5.32 Å². The lowest BCUT2D eigenvalue weighted by Crippen LogP contribution is -2.42. The van der Waals surface area contributed by atoms with Crippen LogP contribution in [0.25, 0.3) is 0 Å². The molecule has 2 N–H and O–H groups in total. The van der Waals surface area contributed by atoms with Crippen LogP contribution in [0.2, 0.25) is 0 Å². The minimum atomic E-state index is -0.754. The summed E-state index contributed by atoms with van der Waals surface area (Å²) in [6.45, 7) is 5.41. The summed E-state index contributed by atoms with van der Waals surface area (Å²) >= 11 is 0. The molecule has 1 heterocycles. The fourth-order valence-electron chi connectivity index (χ4n) is 2.52. The van der Waals surface area contributed by atoms with E-state index >= 15 is 0 Å². The van der Waals surface area contributed by atoms with Gasteiger partial charge in [-0.15, -0.1) is 0 Å². The van der Waals surface area contributed by atoms with Crippen molar-refractivity contribution >= 4 is 17.6 Å². The molecule has 1 fully saturated rings. The highest BCUT2D eigenvalue weighted by Gasteiger charge is 2.26. The molecule has 0 aliphatic carbocycles. The van der Waals surface area contributed by atoms with Crippen molar-refractivity contribution in [2.75, 3.05) is 25.0 Å². The van der Waals surface area contributed by atoms with Crippen molar-refractivity contribution in [3.05, 3.63) is 29.3 Å². The number of hydrogen-bond acceptors (Lipinski definition) is 3. The van der Waals surface area contributed by atoms with E-state index in [1.165, 1.54) is 11.1 Å². The second-order valence-corrected chi connectivity index (χ2v) is 5.65. The first-order valence-electron chi connectivity index (χ1n) is 7.29. The maximum Gasteiger partial charge on any atom is 0.306 e. The van der Waals surface area contributed by atoms with E-state index in [1.54, 1.807) is 4.90 Å². The Morgan fingerprint density at radius 2 is 1.90 bits per heavy atom. The molecule has 0 aromatic heterocycles.